The second-order valence-corrected chi connectivity index (χ2v) is 7.29. The zero-order valence-electron chi connectivity index (χ0n) is 13.7. The van der Waals surface area contributed by atoms with E-state index in [1.807, 2.05) is 23.5 Å². The van der Waals surface area contributed by atoms with Gasteiger partial charge in [0.25, 0.3) is 0 Å². The molecule has 6 heteroatoms. The third kappa shape index (κ3) is 2.93. The maximum atomic E-state index is 5.58. The molecule has 2 rings (SSSR count). The Bertz CT molecular complexity index is 653. The van der Waals surface area contributed by atoms with Gasteiger partial charge >= 0.3 is 0 Å². The second kappa shape index (κ2) is 6.57. The molecule has 0 bridgehead atoms. The van der Waals surface area contributed by atoms with E-state index < -0.39 is 0 Å². The highest BCUT2D eigenvalue weighted by Gasteiger charge is 2.27. The number of rotatable bonds is 7. The van der Waals surface area contributed by atoms with Gasteiger partial charge in [0.1, 0.15) is 5.52 Å². The van der Waals surface area contributed by atoms with Gasteiger partial charge in [-0.05, 0) is 37.7 Å². The van der Waals surface area contributed by atoms with Crippen LogP contribution in [0.5, 0.6) is 0 Å². The van der Waals surface area contributed by atoms with Gasteiger partial charge in [-0.25, -0.2) is 0 Å². The Kier molecular flexibility index (Phi) is 5.20. The molecule has 0 aliphatic rings. The molecule has 2 aromatic heterocycles. The molecule has 0 fully saturated rings. The molecule has 0 saturated heterocycles. The topological polar surface area (TPSA) is 38.5 Å². The lowest BCUT2D eigenvalue weighted by atomic mass is 10.0. The molecule has 0 unspecified atom stereocenters. The quantitative estimate of drug-likeness (QED) is 0.771. The van der Waals surface area contributed by atoms with Gasteiger partial charge in [0, 0.05) is 18.3 Å². The Balaban J connectivity index is 2.54. The molecule has 0 aliphatic carbocycles. The predicted molar refractivity (Wildman–Crippen MR) is 94.7 cm³/mol. The van der Waals surface area contributed by atoms with E-state index in [9.17, 15) is 0 Å². The number of hydrogen-bond acceptors (Lipinski definition) is 3. The van der Waals surface area contributed by atoms with Crippen LogP contribution in [-0.2, 0) is 20.0 Å². The highest BCUT2D eigenvalue weighted by molar-refractivity contribution is 8.00. The van der Waals surface area contributed by atoms with E-state index in [0.717, 1.165) is 53.9 Å². The van der Waals surface area contributed by atoms with Crippen molar-refractivity contribution < 1.29 is 0 Å². The first kappa shape index (κ1) is 16.6. The molecule has 21 heavy (non-hydrogen) atoms. The zero-order valence-corrected chi connectivity index (χ0v) is 15.3. The van der Waals surface area contributed by atoms with Gasteiger partial charge in [0.15, 0.2) is 10.4 Å². The molecule has 0 aromatic carbocycles. The van der Waals surface area contributed by atoms with Gasteiger partial charge in [-0.3, -0.25) is 4.68 Å². The van der Waals surface area contributed by atoms with Crippen LogP contribution >= 0.6 is 24.0 Å². The smallest absolute Gasteiger partial charge is 0.179 e. The van der Waals surface area contributed by atoms with Crippen LogP contribution in [0.2, 0.25) is 0 Å². The summed E-state index contributed by atoms with van der Waals surface area (Å²) in [6, 6.07) is 0. The lowest BCUT2D eigenvalue weighted by Gasteiger charge is -2.30. The summed E-state index contributed by atoms with van der Waals surface area (Å²) in [4.78, 5) is 3.38. The molecular formula is C15H26N4S2. The highest BCUT2D eigenvalue weighted by atomic mass is 32.2. The number of aromatic nitrogens is 4. The Morgan fingerprint density at radius 2 is 1.95 bits per heavy atom. The van der Waals surface area contributed by atoms with Crippen LogP contribution in [0.4, 0.5) is 0 Å². The van der Waals surface area contributed by atoms with Gasteiger partial charge in [0.05, 0.1) is 5.69 Å². The summed E-state index contributed by atoms with van der Waals surface area (Å²) in [5.74, 6) is 0. The van der Waals surface area contributed by atoms with Crippen molar-refractivity contribution in [3.8, 4) is 0 Å². The van der Waals surface area contributed by atoms with Crippen molar-refractivity contribution >= 4 is 35.1 Å². The number of nitrogens with zero attached hydrogens (tertiary/aromatic N) is 3. The minimum atomic E-state index is 0.239. The standard InChI is InChI=1S/C15H26N4S2/c1-6-9-11-12-13(18(4)17-11)19(14(20)16-12)10-15(7-2,8-3)21-5/h6-10H2,1-5H3,(H,16,20). The third-order valence-electron chi connectivity index (χ3n) is 4.48. The van der Waals surface area contributed by atoms with Crippen LogP contribution in [-0.4, -0.2) is 30.3 Å². The van der Waals surface area contributed by atoms with Crippen molar-refractivity contribution in [2.24, 2.45) is 7.05 Å². The van der Waals surface area contributed by atoms with Gasteiger partial charge in [-0.15, -0.1) is 0 Å². The van der Waals surface area contributed by atoms with Gasteiger partial charge in [-0.2, -0.15) is 16.9 Å². The van der Waals surface area contributed by atoms with Gasteiger partial charge < -0.3 is 9.55 Å². The molecule has 2 aromatic rings. The van der Waals surface area contributed by atoms with E-state index >= 15 is 0 Å². The van der Waals surface area contributed by atoms with Crippen LogP contribution in [0, 0.1) is 4.77 Å². The van der Waals surface area contributed by atoms with Crippen LogP contribution < -0.4 is 0 Å². The largest absolute Gasteiger partial charge is 0.328 e. The molecule has 4 nitrogen and oxygen atoms in total. The summed E-state index contributed by atoms with van der Waals surface area (Å²) in [6.07, 6.45) is 6.56. The fraction of sp³-hybridized carbons (Fsp3) is 0.733. The maximum absolute atomic E-state index is 5.58. The fourth-order valence-electron chi connectivity index (χ4n) is 2.95. The van der Waals surface area contributed by atoms with E-state index in [2.05, 4.69) is 41.7 Å². The summed E-state index contributed by atoms with van der Waals surface area (Å²) in [5.41, 5.74) is 3.37. The average molecular weight is 327 g/mol. The van der Waals surface area contributed by atoms with Crippen molar-refractivity contribution in [3.05, 3.63) is 10.5 Å². The normalized spacial score (nSPS) is 12.4. The molecule has 1 N–H and O–H groups in total. The van der Waals surface area contributed by atoms with Crippen molar-refractivity contribution in [2.75, 3.05) is 6.26 Å². The van der Waals surface area contributed by atoms with Crippen molar-refractivity contribution in [3.63, 3.8) is 0 Å². The molecule has 0 aliphatic heterocycles. The molecular weight excluding hydrogens is 300 g/mol. The highest BCUT2D eigenvalue weighted by Crippen LogP contribution is 2.33. The summed E-state index contributed by atoms with van der Waals surface area (Å²) in [7, 11) is 2.01. The maximum Gasteiger partial charge on any atom is 0.179 e. The van der Waals surface area contributed by atoms with E-state index in [-0.39, 0.29) is 4.75 Å². The van der Waals surface area contributed by atoms with Crippen LogP contribution in [0.3, 0.4) is 0 Å². The van der Waals surface area contributed by atoms with Crippen LogP contribution in [0.1, 0.15) is 45.7 Å². The molecule has 0 amide bonds. The fourth-order valence-corrected chi connectivity index (χ4v) is 4.04. The summed E-state index contributed by atoms with van der Waals surface area (Å²) in [5, 5.41) is 4.66. The van der Waals surface area contributed by atoms with E-state index in [4.69, 9.17) is 12.2 Å². The van der Waals surface area contributed by atoms with E-state index in [1.165, 1.54) is 0 Å². The molecule has 2 heterocycles. The monoisotopic (exact) mass is 326 g/mol. The molecule has 0 atom stereocenters. The SMILES string of the molecule is CCCc1nn(C)c2c1[nH]c(=S)n2CC(CC)(CC)SC. The van der Waals surface area contributed by atoms with Gasteiger partial charge in [0.2, 0.25) is 0 Å². The van der Waals surface area contributed by atoms with Crippen molar-refractivity contribution in [2.45, 2.75) is 57.7 Å². The van der Waals surface area contributed by atoms with Crippen molar-refractivity contribution in [1.82, 2.24) is 19.3 Å². The average Bonchev–Trinajstić information content (AvgIpc) is 2.95. The zero-order chi connectivity index (χ0) is 15.6. The number of thioether (sulfide) groups is 1. The second-order valence-electron chi connectivity index (χ2n) is 5.63. The number of aryl methyl sites for hydroxylation is 2. The van der Waals surface area contributed by atoms with E-state index in [0.29, 0.717) is 0 Å². The first-order valence-corrected chi connectivity index (χ1v) is 9.34. The molecule has 0 saturated carbocycles. The lowest BCUT2D eigenvalue weighted by molar-refractivity contribution is 0.465. The molecule has 0 spiro atoms. The van der Waals surface area contributed by atoms with Gasteiger partial charge in [-0.1, -0.05) is 27.2 Å². The molecule has 0 radical (unpaired) electrons. The number of aromatic amines is 1. The number of hydrogen-bond donors (Lipinski definition) is 1. The minimum absolute atomic E-state index is 0.239. The van der Waals surface area contributed by atoms with Crippen molar-refractivity contribution in [1.29, 1.82) is 0 Å². The van der Waals surface area contributed by atoms with Crippen LogP contribution in [0.25, 0.3) is 11.2 Å². The van der Waals surface area contributed by atoms with E-state index in [1.54, 1.807) is 0 Å². The Morgan fingerprint density at radius 1 is 1.29 bits per heavy atom. The Morgan fingerprint density at radius 3 is 2.48 bits per heavy atom. The number of H-pyrrole nitrogens is 1. The minimum Gasteiger partial charge on any atom is -0.328 e. The third-order valence-corrected chi connectivity index (χ3v) is 6.37. The summed E-state index contributed by atoms with van der Waals surface area (Å²) >= 11 is 7.52. The molecule has 118 valence electrons. The summed E-state index contributed by atoms with van der Waals surface area (Å²) in [6.45, 7) is 7.64. The number of fused-ring (bicyclic) bond motifs is 1. The predicted octanol–water partition coefficient (Wildman–Crippen LogP) is 4.31. The first-order valence-electron chi connectivity index (χ1n) is 7.71. The number of imidazole rings is 1. The lowest BCUT2D eigenvalue weighted by Crippen LogP contribution is -2.29. The Hall–Kier alpha value is -0.750. The number of nitrogens with one attached hydrogen (secondary N) is 1. The summed E-state index contributed by atoms with van der Waals surface area (Å²) < 4.78 is 5.27. The first-order chi connectivity index (χ1) is 10.0. The van der Waals surface area contributed by atoms with Crippen LogP contribution in [0.15, 0.2) is 0 Å². The Labute approximate surface area is 136 Å².